The number of hydrogen-bond donors (Lipinski definition) is 1. The number of furan rings is 1. The summed E-state index contributed by atoms with van der Waals surface area (Å²) in [5, 5.41) is 7.49. The lowest BCUT2D eigenvalue weighted by Crippen LogP contribution is -2.10. The van der Waals surface area contributed by atoms with Crippen LogP contribution in [0.25, 0.3) is 0 Å². The Balaban J connectivity index is 1.90. The molecule has 0 bridgehead atoms. The average Bonchev–Trinajstić information content (AvgIpc) is 3.01. The van der Waals surface area contributed by atoms with Gasteiger partial charge in [0.15, 0.2) is 5.75 Å². The number of aryl methyl sites for hydroxylation is 2. The Morgan fingerprint density at radius 1 is 1.40 bits per heavy atom. The smallest absolute Gasteiger partial charge is 0.157 e. The number of hydrogen-bond acceptors (Lipinski definition) is 4. The molecule has 0 amide bonds. The number of ether oxygens (including phenoxy) is 1. The van der Waals surface area contributed by atoms with Gasteiger partial charge in [0.2, 0.25) is 0 Å². The van der Waals surface area contributed by atoms with Crippen molar-refractivity contribution in [3.63, 3.8) is 0 Å². The van der Waals surface area contributed by atoms with Crippen LogP contribution < -0.4 is 10.1 Å². The monoisotopic (exact) mass is 277 g/mol. The van der Waals surface area contributed by atoms with Crippen molar-refractivity contribution in [3.05, 3.63) is 35.5 Å². The molecule has 2 aromatic rings. The maximum absolute atomic E-state index is 5.75. The van der Waals surface area contributed by atoms with E-state index in [1.54, 1.807) is 6.20 Å². The van der Waals surface area contributed by atoms with E-state index in [1.807, 2.05) is 17.8 Å². The van der Waals surface area contributed by atoms with Crippen LogP contribution in [0, 0.1) is 6.92 Å². The average molecular weight is 277 g/mol. The topological polar surface area (TPSA) is 52.2 Å². The van der Waals surface area contributed by atoms with E-state index in [2.05, 4.69) is 30.3 Å². The highest BCUT2D eigenvalue weighted by molar-refractivity contribution is 5.21. The molecule has 2 aromatic heterocycles. The summed E-state index contributed by atoms with van der Waals surface area (Å²) in [6.45, 7) is 9.29. The number of rotatable bonds is 8. The van der Waals surface area contributed by atoms with E-state index >= 15 is 0 Å². The third kappa shape index (κ3) is 3.87. The molecule has 0 aromatic carbocycles. The number of nitrogens with one attached hydrogen (secondary N) is 1. The summed E-state index contributed by atoms with van der Waals surface area (Å²) < 4.78 is 13.3. The highest BCUT2D eigenvalue weighted by Crippen LogP contribution is 2.18. The second kappa shape index (κ2) is 7.14. The first-order valence-electron chi connectivity index (χ1n) is 7.17. The SMILES string of the molecule is CCCn1cc(OCc2cc(CNCC)oc2C)cn1. The van der Waals surface area contributed by atoms with Crippen molar-refractivity contribution in [3.8, 4) is 5.75 Å². The van der Waals surface area contributed by atoms with Crippen molar-refractivity contribution < 1.29 is 9.15 Å². The third-order valence-electron chi connectivity index (χ3n) is 3.08. The zero-order valence-corrected chi connectivity index (χ0v) is 12.5. The minimum absolute atomic E-state index is 0.513. The lowest BCUT2D eigenvalue weighted by Gasteiger charge is -2.01. The summed E-state index contributed by atoms with van der Waals surface area (Å²) in [6.07, 6.45) is 4.75. The summed E-state index contributed by atoms with van der Waals surface area (Å²) in [5.74, 6) is 2.66. The molecule has 0 saturated heterocycles. The van der Waals surface area contributed by atoms with Gasteiger partial charge in [-0.1, -0.05) is 13.8 Å². The van der Waals surface area contributed by atoms with Gasteiger partial charge in [-0.15, -0.1) is 0 Å². The van der Waals surface area contributed by atoms with Gasteiger partial charge in [-0.05, 0) is 26.0 Å². The van der Waals surface area contributed by atoms with Crippen molar-refractivity contribution in [2.75, 3.05) is 6.54 Å². The van der Waals surface area contributed by atoms with E-state index in [0.29, 0.717) is 6.61 Å². The van der Waals surface area contributed by atoms with Crippen LogP contribution in [0.2, 0.25) is 0 Å². The molecule has 0 unspecified atom stereocenters. The molecule has 0 saturated carbocycles. The second-order valence-electron chi connectivity index (χ2n) is 4.80. The van der Waals surface area contributed by atoms with Crippen LogP contribution in [0.5, 0.6) is 5.75 Å². The molecule has 2 heterocycles. The molecule has 5 nitrogen and oxygen atoms in total. The quantitative estimate of drug-likeness (QED) is 0.806. The van der Waals surface area contributed by atoms with E-state index < -0.39 is 0 Å². The maximum Gasteiger partial charge on any atom is 0.157 e. The molecule has 1 N–H and O–H groups in total. The van der Waals surface area contributed by atoms with Crippen LogP contribution in [-0.4, -0.2) is 16.3 Å². The molecule has 0 aliphatic carbocycles. The standard InChI is InChI=1S/C15H23N3O2/c1-4-6-18-10-15(9-17-18)19-11-13-7-14(8-16-5-2)20-12(13)3/h7,9-10,16H,4-6,8,11H2,1-3H3. The van der Waals surface area contributed by atoms with Gasteiger partial charge in [-0.25, -0.2) is 0 Å². The summed E-state index contributed by atoms with van der Waals surface area (Å²) in [7, 11) is 0. The fraction of sp³-hybridized carbons (Fsp3) is 0.533. The molecule has 0 aliphatic rings. The Morgan fingerprint density at radius 3 is 3.00 bits per heavy atom. The van der Waals surface area contributed by atoms with E-state index in [0.717, 1.165) is 48.9 Å². The molecule has 20 heavy (non-hydrogen) atoms. The van der Waals surface area contributed by atoms with Gasteiger partial charge >= 0.3 is 0 Å². The van der Waals surface area contributed by atoms with Gasteiger partial charge in [0, 0.05) is 12.1 Å². The predicted molar refractivity (Wildman–Crippen MR) is 77.7 cm³/mol. The number of nitrogens with zero attached hydrogens (tertiary/aromatic N) is 2. The Labute approximate surface area is 119 Å². The van der Waals surface area contributed by atoms with E-state index in [1.165, 1.54) is 0 Å². The van der Waals surface area contributed by atoms with Crippen molar-refractivity contribution in [2.45, 2.75) is 46.9 Å². The first kappa shape index (κ1) is 14.7. The zero-order valence-electron chi connectivity index (χ0n) is 12.5. The molecule has 0 aliphatic heterocycles. The number of aromatic nitrogens is 2. The van der Waals surface area contributed by atoms with Crippen LogP contribution in [0.4, 0.5) is 0 Å². The van der Waals surface area contributed by atoms with Crippen molar-refractivity contribution in [1.29, 1.82) is 0 Å². The summed E-state index contributed by atoms with van der Waals surface area (Å²) in [6, 6.07) is 2.05. The molecule has 110 valence electrons. The fourth-order valence-electron chi connectivity index (χ4n) is 2.00. The van der Waals surface area contributed by atoms with Gasteiger partial charge in [0.25, 0.3) is 0 Å². The van der Waals surface area contributed by atoms with Crippen LogP contribution in [0.3, 0.4) is 0 Å². The van der Waals surface area contributed by atoms with E-state index in [-0.39, 0.29) is 0 Å². The predicted octanol–water partition coefficient (Wildman–Crippen LogP) is 2.88. The minimum atomic E-state index is 0.513. The van der Waals surface area contributed by atoms with Crippen molar-refractivity contribution in [1.82, 2.24) is 15.1 Å². The van der Waals surface area contributed by atoms with Crippen LogP contribution in [0.15, 0.2) is 22.9 Å². The van der Waals surface area contributed by atoms with E-state index in [9.17, 15) is 0 Å². The third-order valence-corrected chi connectivity index (χ3v) is 3.08. The zero-order chi connectivity index (χ0) is 14.4. The van der Waals surface area contributed by atoms with Crippen LogP contribution in [-0.2, 0) is 19.7 Å². The van der Waals surface area contributed by atoms with Gasteiger partial charge in [0.05, 0.1) is 18.9 Å². The van der Waals surface area contributed by atoms with Crippen LogP contribution in [0.1, 0.15) is 37.4 Å². The summed E-state index contributed by atoms with van der Waals surface area (Å²) in [4.78, 5) is 0. The Morgan fingerprint density at radius 2 is 2.25 bits per heavy atom. The minimum Gasteiger partial charge on any atom is -0.485 e. The molecule has 0 atom stereocenters. The Kier molecular flexibility index (Phi) is 5.24. The molecule has 0 spiro atoms. The Hall–Kier alpha value is -1.75. The normalized spacial score (nSPS) is 10.9. The van der Waals surface area contributed by atoms with Crippen molar-refractivity contribution >= 4 is 0 Å². The van der Waals surface area contributed by atoms with Crippen molar-refractivity contribution in [2.24, 2.45) is 0 Å². The van der Waals surface area contributed by atoms with Gasteiger partial charge in [-0.2, -0.15) is 5.10 Å². The lowest BCUT2D eigenvalue weighted by molar-refractivity contribution is 0.302. The highest BCUT2D eigenvalue weighted by atomic mass is 16.5. The van der Waals surface area contributed by atoms with Gasteiger partial charge in [-0.3, -0.25) is 4.68 Å². The molecular weight excluding hydrogens is 254 g/mol. The van der Waals surface area contributed by atoms with Crippen LogP contribution >= 0.6 is 0 Å². The lowest BCUT2D eigenvalue weighted by atomic mass is 10.2. The van der Waals surface area contributed by atoms with Gasteiger partial charge in [0.1, 0.15) is 18.1 Å². The first-order valence-corrected chi connectivity index (χ1v) is 7.17. The highest BCUT2D eigenvalue weighted by Gasteiger charge is 2.08. The van der Waals surface area contributed by atoms with E-state index in [4.69, 9.17) is 9.15 Å². The first-order chi connectivity index (χ1) is 9.72. The fourth-order valence-corrected chi connectivity index (χ4v) is 2.00. The largest absolute Gasteiger partial charge is 0.485 e. The molecule has 2 rings (SSSR count). The summed E-state index contributed by atoms with van der Waals surface area (Å²) in [5.41, 5.74) is 1.08. The maximum atomic E-state index is 5.75. The molecular formula is C15H23N3O2. The second-order valence-corrected chi connectivity index (χ2v) is 4.80. The summed E-state index contributed by atoms with van der Waals surface area (Å²) >= 11 is 0. The Bertz CT molecular complexity index is 531. The molecule has 5 heteroatoms. The molecule has 0 radical (unpaired) electrons. The van der Waals surface area contributed by atoms with Gasteiger partial charge < -0.3 is 14.5 Å². The molecule has 0 fully saturated rings.